The zero-order chi connectivity index (χ0) is 63.2. The zero-order valence-electron chi connectivity index (χ0n) is 57.4. The molecule has 1 aliphatic heterocycles. The van der Waals surface area contributed by atoms with Gasteiger partial charge in [0.05, 0.1) is 44.7 Å². The van der Waals surface area contributed by atoms with Gasteiger partial charge < -0.3 is 39.1 Å². The lowest BCUT2D eigenvalue weighted by Crippen LogP contribution is -2.64. The number of rotatable bonds is 54. The van der Waals surface area contributed by atoms with Crippen LogP contribution in [0.25, 0.3) is 0 Å². The first-order valence-corrected chi connectivity index (χ1v) is 37.3. The molecule has 0 unspecified atom stereocenters. The van der Waals surface area contributed by atoms with Gasteiger partial charge in [-0.25, -0.2) is 0 Å². The SMILES string of the molecule is CCCCCCCCCCCCCCCCCCCCCCCCCC(=O)N[C@@H](CN[C@H]1C[C@H](OCc2ccccc2)[C@@H](OCc2ccccc2)[C@H](OCc2ccccc2)[C@H]1OCc1ccccc1)[C@@H]1OC(C)(C)O[C@@H]1CCCCCCCCCCCCCC. The number of unbranched alkanes of at least 4 members (excludes halogenated alkanes) is 33. The third-order valence-corrected chi connectivity index (χ3v) is 19.0. The van der Waals surface area contributed by atoms with E-state index in [1.54, 1.807) is 0 Å². The maximum atomic E-state index is 14.4. The molecule has 0 radical (unpaired) electrons. The minimum Gasteiger partial charge on any atom is -0.371 e. The van der Waals surface area contributed by atoms with E-state index in [9.17, 15) is 4.79 Å². The van der Waals surface area contributed by atoms with Crippen LogP contribution >= 0.6 is 0 Å². The van der Waals surface area contributed by atoms with Gasteiger partial charge in [-0.2, -0.15) is 0 Å². The van der Waals surface area contributed by atoms with E-state index in [1.165, 1.54) is 205 Å². The molecule has 9 nitrogen and oxygen atoms in total. The van der Waals surface area contributed by atoms with E-state index >= 15 is 0 Å². The van der Waals surface area contributed by atoms with Gasteiger partial charge in [-0.3, -0.25) is 4.79 Å². The Kier molecular flexibility index (Phi) is 39.9. The highest BCUT2D eigenvalue weighted by atomic mass is 16.8. The molecule has 2 N–H and O–H groups in total. The summed E-state index contributed by atoms with van der Waals surface area (Å²) in [5.41, 5.74) is 4.33. The molecule has 6 rings (SSSR count). The van der Waals surface area contributed by atoms with Gasteiger partial charge in [0.1, 0.15) is 24.4 Å². The van der Waals surface area contributed by atoms with Crippen LogP contribution in [0.2, 0.25) is 0 Å². The Balaban J connectivity index is 1.08. The van der Waals surface area contributed by atoms with Crippen LogP contribution < -0.4 is 10.6 Å². The van der Waals surface area contributed by atoms with Gasteiger partial charge in [0.2, 0.25) is 5.91 Å². The summed E-state index contributed by atoms with van der Waals surface area (Å²) in [6, 6.07) is 40.9. The Hall–Kier alpha value is -3.93. The maximum absolute atomic E-state index is 14.4. The van der Waals surface area contributed by atoms with Crippen molar-refractivity contribution in [1.29, 1.82) is 0 Å². The van der Waals surface area contributed by atoms with Crippen LogP contribution in [0.1, 0.15) is 294 Å². The normalized spacial score (nSPS) is 20.2. The molecule has 0 aromatic heterocycles. The standard InChI is InChI=1S/C81H128N2O7/c1-5-7-9-11-13-15-17-19-20-21-22-23-24-25-26-27-28-29-31-33-35-37-51-61-76(84)83-73(77-74(89-81(3,4)90-77)60-50-36-34-32-30-18-16-14-12-10-8-6-2)63-82-72-62-75(85-64-68-52-42-38-43-53-68)79(87-66-70-56-46-40-47-57-70)80(88-67-71-58-48-41-49-59-71)78(72)86-65-69-54-44-39-45-55-69/h38-49,52-59,72-75,77-80,82H,5-37,50-51,60-67H2,1-4H3,(H,83,84)/t72-,73-,74+,75-,77-,78-,79+,80+/m0/s1. The fraction of sp³-hybridized carbons (Fsp3) is 0.691. The largest absolute Gasteiger partial charge is 0.371 e. The van der Waals surface area contributed by atoms with Crippen LogP contribution in [0.5, 0.6) is 0 Å². The van der Waals surface area contributed by atoms with Crippen molar-refractivity contribution in [3.8, 4) is 0 Å². The molecule has 4 aromatic rings. The van der Waals surface area contributed by atoms with Gasteiger partial charge in [-0.1, -0.05) is 353 Å². The van der Waals surface area contributed by atoms with Gasteiger partial charge >= 0.3 is 0 Å². The number of carbonyl (C=O) groups is 1. The molecule has 0 spiro atoms. The molecule has 2 fully saturated rings. The molecule has 1 aliphatic carbocycles. The van der Waals surface area contributed by atoms with Crippen molar-refractivity contribution in [2.24, 2.45) is 0 Å². The number of hydrogen-bond donors (Lipinski definition) is 2. The zero-order valence-corrected chi connectivity index (χ0v) is 57.4. The first-order chi connectivity index (χ1) is 44.3. The highest BCUT2D eigenvalue weighted by Gasteiger charge is 2.50. The first-order valence-electron chi connectivity index (χ1n) is 37.3. The molecule has 1 heterocycles. The Morgan fingerprint density at radius 1 is 0.422 bits per heavy atom. The average Bonchev–Trinajstić information content (AvgIpc) is 1.36. The van der Waals surface area contributed by atoms with E-state index in [2.05, 4.69) is 122 Å². The molecule has 1 saturated heterocycles. The smallest absolute Gasteiger partial charge is 0.220 e. The summed E-state index contributed by atoms with van der Waals surface area (Å²) in [7, 11) is 0. The van der Waals surface area contributed by atoms with Gasteiger partial charge in [-0.05, 0) is 55.4 Å². The van der Waals surface area contributed by atoms with E-state index in [0.29, 0.717) is 45.8 Å². The van der Waals surface area contributed by atoms with Crippen molar-refractivity contribution < 1.29 is 33.2 Å². The summed E-state index contributed by atoms with van der Waals surface area (Å²) in [4.78, 5) is 14.4. The lowest BCUT2D eigenvalue weighted by atomic mass is 9.84. The van der Waals surface area contributed by atoms with Crippen LogP contribution in [0, 0.1) is 0 Å². The molecule has 8 atom stereocenters. The Morgan fingerprint density at radius 2 is 0.756 bits per heavy atom. The monoisotopic (exact) mass is 1240 g/mol. The summed E-state index contributed by atoms with van der Waals surface area (Å²) in [5.74, 6) is -0.713. The third kappa shape index (κ3) is 32.3. The van der Waals surface area contributed by atoms with Crippen molar-refractivity contribution in [2.45, 2.75) is 353 Å². The van der Waals surface area contributed by atoms with Crippen molar-refractivity contribution in [3.05, 3.63) is 144 Å². The van der Waals surface area contributed by atoms with E-state index in [-0.39, 0.29) is 36.3 Å². The molecule has 9 heteroatoms. The highest BCUT2D eigenvalue weighted by molar-refractivity contribution is 5.76. The first kappa shape index (κ1) is 75.1. The van der Waals surface area contributed by atoms with Crippen molar-refractivity contribution in [2.75, 3.05) is 6.54 Å². The van der Waals surface area contributed by atoms with Crippen LogP contribution in [-0.4, -0.2) is 66.9 Å². The summed E-state index contributed by atoms with van der Waals surface area (Å²) in [6.45, 7) is 10.7. The second kappa shape index (κ2) is 47.9. The molecule has 2 aliphatic rings. The topological polar surface area (TPSA) is 96.5 Å². The van der Waals surface area contributed by atoms with Crippen molar-refractivity contribution >= 4 is 5.91 Å². The van der Waals surface area contributed by atoms with Crippen LogP contribution in [0.3, 0.4) is 0 Å². The van der Waals surface area contributed by atoms with E-state index in [0.717, 1.165) is 47.9 Å². The third-order valence-electron chi connectivity index (χ3n) is 19.0. The van der Waals surface area contributed by atoms with Gasteiger partial charge in [0, 0.05) is 19.0 Å². The number of benzene rings is 4. The lowest BCUT2D eigenvalue weighted by Gasteiger charge is -2.47. The van der Waals surface area contributed by atoms with Crippen LogP contribution in [0.15, 0.2) is 121 Å². The molecular weight excluding hydrogens is 1110 g/mol. The Morgan fingerprint density at radius 3 is 1.14 bits per heavy atom. The molecule has 1 amide bonds. The molecular formula is C81H128N2O7. The number of ether oxygens (including phenoxy) is 6. The molecule has 4 aromatic carbocycles. The summed E-state index contributed by atoms with van der Waals surface area (Å²) >= 11 is 0. The molecule has 504 valence electrons. The van der Waals surface area contributed by atoms with Crippen molar-refractivity contribution in [3.63, 3.8) is 0 Å². The van der Waals surface area contributed by atoms with Crippen LogP contribution in [-0.2, 0) is 59.6 Å². The summed E-state index contributed by atoms with van der Waals surface area (Å²) in [5, 5.41) is 7.63. The summed E-state index contributed by atoms with van der Waals surface area (Å²) < 4.78 is 42.2. The number of hydrogen-bond acceptors (Lipinski definition) is 8. The summed E-state index contributed by atoms with van der Waals surface area (Å²) in [6.07, 6.45) is 46.3. The second-order valence-corrected chi connectivity index (χ2v) is 27.4. The Labute approximate surface area is 549 Å². The van der Waals surface area contributed by atoms with Crippen LogP contribution in [0.4, 0.5) is 0 Å². The fourth-order valence-electron chi connectivity index (χ4n) is 13.7. The second-order valence-electron chi connectivity index (χ2n) is 27.4. The number of carbonyl (C=O) groups excluding carboxylic acids is 1. The predicted octanol–water partition coefficient (Wildman–Crippen LogP) is 21.2. The minimum absolute atomic E-state index is 0.0748. The number of amides is 1. The average molecular weight is 1240 g/mol. The lowest BCUT2D eigenvalue weighted by molar-refractivity contribution is -0.221. The van der Waals surface area contributed by atoms with E-state index in [1.807, 2.05) is 38.1 Å². The van der Waals surface area contributed by atoms with E-state index < -0.39 is 24.1 Å². The minimum atomic E-state index is -0.788. The van der Waals surface area contributed by atoms with E-state index in [4.69, 9.17) is 28.4 Å². The maximum Gasteiger partial charge on any atom is 0.220 e. The van der Waals surface area contributed by atoms with Gasteiger partial charge in [0.15, 0.2) is 5.79 Å². The quantitative estimate of drug-likeness (QED) is 0.0422. The van der Waals surface area contributed by atoms with Gasteiger partial charge in [0.25, 0.3) is 0 Å². The van der Waals surface area contributed by atoms with Gasteiger partial charge in [-0.15, -0.1) is 0 Å². The molecule has 0 bridgehead atoms. The number of nitrogens with one attached hydrogen (secondary N) is 2. The Bertz CT molecular complexity index is 2300. The highest BCUT2D eigenvalue weighted by Crippen LogP contribution is 2.36. The van der Waals surface area contributed by atoms with Crippen molar-refractivity contribution in [1.82, 2.24) is 10.6 Å². The molecule has 90 heavy (non-hydrogen) atoms. The molecule has 1 saturated carbocycles. The predicted molar refractivity (Wildman–Crippen MR) is 374 cm³/mol. The fourth-order valence-corrected chi connectivity index (χ4v) is 13.7.